The third kappa shape index (κ3) is 6.56. The minimum absolute atomic E-state index is 0.633. The van der Waals surface area contributed by atoms with E-state index in [2.05, 4.69) is 23.1 Å². The van der Waals surface area contributed by atoms with Gasteiger partial charge in [0.05, 0.1) is 25.7 Å². The van der Waals surface area contributed by atoms with Crippen LogP contribution in [0.1, 0.15) is 0 Å². The van der Waals surface area contributed by atoms with Gasteiger partial charge in [0.15, 0.2) is 0 Å². The highest BCUT2D eigenvalue weighted by molar-refractivity contribution is 8.00. The van der Waals surface area contributed by atoms with Crippen LogP contribution in [0.5, 0.6) is 0 Å². The first kappa shape index (κ1) is 14.9. The number of ether oxygens (including phenoxy) is 2. The molecule has 0 amide bonds. The molecular formula is C12H16N2O2S2. The lowest BCUT2D eigenvalue weighted by atomic mass is 10.7. The fourth-order valence-electron chi connectivity index (χ4n) is 1.04. The summed E-state index contributed by atoms with van der Waals surface area (Å²) in [5.74, 6) is 1.68. The van der Waals surface area contributed by atoms with E-state index >= 15 is 0 Å². The van der Waals surface area contributed by atoms with Crippen molar-refractivity contribution in [3.05, 3.63) is 38.1 Å². The molecule has 0 aromatic carbocycles. The molecule has 0 saturated heterocycles. The second-order valence-corrected chi connectivity index (χ2v) is 5.20. The summed E-state index contributed by atoms with van der Waals surface area (Å²) in [5, 5.41) is 1.90. The molecule has 4 nitrogen and oxygen atoms in total. The van der Waals surface area contributed by atoms with Gasteiger partial charge in [-0.1, -0.05) is 13.2 Å². The van der Waals surface area contributed by atoms with Crippen molar-refractivity contribution in [2.75, 3.05) is 24.7 Å². The van der Waals surface area contributed by atoms with Crippen LogP contribution in [0, 0.1) is 0 Å². The molecule has 0 spiro atoms. The molecule has 0 unspecified atom stereocenters. The summed E-state index contributed by atoms with van der Waals surface area (Å²) in [7, 11) is 0. The van der Waals surface area contributed by atoms with Crippen LogP contribution in [-0.2, 0) is 9.47 Å². The molecular weight excluding hydrogens is 268 g/mol. The second-order valence-electron chi connectivity index (χ2n) is 2.97. The molecule has 0 aliphatic carbocycles. The largest absolute Gasteiger partial charge is 0.501 e. The van der Waals surface area contributed by atoms with Crippen LogP contribution in [0.3, 0.4) is 0 Å². The number of hydrogen-bond donors (Lipinski definition) is 0. The van der Waals surface area contributed by atoms with E-state index in [-0.39, 0.29) is 0 Å². The monoisotopic (exact) mass is 284 g/mol. The van der Waals surface area contributed by atoms with Gasteiger partial charge in [-0.25, -0.2) is 9.97 Å². The van der Waals surface area contributed by atoms with Crippen LogP contribution < -0.4 is 0 Å². The summed E-state index contributed by atoms with van der Waals surface area (Å²) in [5.41, 5.74) is 0. The fraction of sp³-hybridized carbons (Fsp3) is 0.333. The average molecular weight is 284 g/mol. The summed E-state index contributed by atoms with van der Waals surface area (Å²) in [4.78, 5) is 8.38. The predicted molar refractivity (Wildman–Crippen MR) is 75.8 cm³/mol. The molecule has 0 bridgehead atoms. The van der Waals surface area contributed by atoms with E-state index in [0.29, 0.717) is 13.2 Å². The minimum Gasteiger partial charge on any atom is -0.501 e. The van der Waals surface area contributed by atoms with Crippen LogP contribution in [-0.4, -0.2) is 34.7 Å². The molecule has 6 heteroatoms. The minimum atomic E-state index is 0.633. The Kier molecular flexibility index (Phi) is 8.16. The average Bonchev–Trinajstić information content (AvgIpc) is 2.40. The van der Waals surface area contributed by atoms with Gasteiger partial charge in [-0.15, -0.1) is 23.5 Å². The van der Waals surface area contributed by atoms with Crippen molar-refractivity contribution in [3.8, 4) is 0 Å². The molecule has 0 aliphatic heterocycles. The molecule has 1 aromatic rings. The van der Waals surface area contributed by atoms with Gasteiger partial charge in [0.1, 0.15) is 16.4 Å². The van der Waals surface area contributed by atoms with Gasteiger partial charge in [0.25, 0.3) is 0 Å². The molecule has 0 N–H and O–H groups in total. The fourth-order valence-corrected chi connectivity index (χ4v) is 2.52. The van der Waals surface area contributed by atoms with Gasteiger partial charge in [-0.05, 0) is 0 Å². The smallest absolute Gasteiger partial charge is 0.117 e. The summed E-state index contributed by atoms with van der Waals surface area (Å²) < 4.78 is 10.1. The van der Waals surface area contributed by atoms with Gasteiger partial charge in [-0.3, -0.25) is 0 Å². The van der Waals surface area contributed by atoms with Crippen LogP contribution in [0.15, 0.2) is 48.1 Å². The third-order valence-corrected chi connectivity index (χ3v) is 3.53. The van der Waals surface area contributed by atoms with Gasteiger partial charge < -0.3 is 9.47 Å². The number of rotatable bonds is 10. The Bertz CT molecular complexity index is 344. The zero-order valence-electron chi connectivity index (χ0n) is 10.1. The van der Waals surface area contributed by atoms with Crippen molar-refractivity contribution >= 4 is 23.5 Å². The molecule has 0 saturated carbocycles. The normalized spacial score (nSPS) is 9.78. The Labute approximate surface area is 116 Å². The van der Waals surface area contributed by atoms with Crippen molar-refractivity contribution in [2.24, 2.45) is 0 Å². The van der Waals surface area contributed by atoms with Gasteiger partial charge in [0, 0.05) is 17.6 Å². The summed E-state index contributed by atoms with van der Waals surface area (Å²) in [6.45, 7) is 8.24. The van der Waals surface area contributed by atoms with Crippen LogP contribution >= 0.6 is 23.5 Å². The Morgan fingerprint density at radius 3 is 1.94 bits per heavy atom. The number of nitrogens with zero attached hydrogens (tertiary/aromatic N) is 2. The maximum absolute atomic E-state index is 5.05. The lowest BCUT2D eigenvalue weighted by Crippen LogP contribution is -1.94. The lowest BCUT2D eigenvalue weighted by molar-refractivity contribution is 0.274. The Hall–Kier alpha value is -1.14. The summed E-state index contributed by atoms with van der Waals surface area (Å²) in [6.07, 6.45) is 4.47. The van der Waals surface area contributed by atoms with E-state index < -0.39 is 0 Å². The van der Waals surface area contributed by atoms with E-state index in [1.807, 2.05) is 6.07 Å². The molecule has 1 rings (SSSR count). The number of hydrogen-bond acceptors (Lipinski definition) is 6. The van der Waals surface area contributed by atoms with E-state index in [9.17, 15) is 0 Å². The summed E-state index contributed by atoms with van der Waals surface area (Å²) in [6, 6.07) is 1.97. The highest BCUT2D eigenvalue weighted by Gasteiger charge is 2.00. The highest BCUT2D eigenvalue weighted by Crippen LogP contribution is 2.20. The van der Waals surface area contributed by atoms with E-state index in [4.69, 9.17) is 9.47 Å². The van der Waals surface area contributed by atoms with Crippen LogP contribution in [0.2, 0.25) is 0 Å². The van der Waals surface area contributed by atoms with E-state index in [1.54, 1.807) is 29.9 Å². The zero-order chi connectivity index (χ0) is 13.1. The molecule has 98 valence electrons. The second kappa shape index (κ2) is 9.85. The SMILES string of the molecule is C=COCCSc1cc(SCCOC=C)ncn1. The molecule has 0 aliphatic rings. The molecule has 0 atom stereocenters. The maximum Gasteiger partial charge on any atom is 0.117 e. The van der Waals surface area contributed by atoms with E-state index in [1.165, 1.54) is 12.5 Å². The van der Waals surface area contributed by atoms with Crippen LogP contribution in [0.25, 0.3) is 0 Å². The van der Waals surface area contributed by atoms with Crippen molar-refractivity contribution in [1.29, 1.82) is 0 Å². The van der Waals surface area contributed by atoms with Gasteiger partial charge >= 0.3 is 0 Å². The third-order valence-electron chi connectivity index (χ3n) is 1.75. The van der Waals surface area contributed by atoms with Crippen molar-refractivity contribution in [2.45, 2.75) is 10.1 Å². The van der Waals surface area contributed by atoms with Crippen molar-refractivity contribution in [3.63, 3.8) is 0 Å². The first-order valence-electron chi connectivity index (χ1n) is 5.39. The van der Waals surface area contributed by atoms with E-state index in [0.717, 1.165) is 21.6 Å². The molecule has 0 radical (unpaired) electrons. The Morgan fingerprint density at radius 2 is 1.50 bits per heavy atom. The molecule has 1 aromatic heterocycles. The molecule has 0 fully saturated rings. The topological polar surface area (TPSA) is 44.2 Å². The molecule has 1 heterocycles. The molecule has 18 heavy (non-hydrogen) atoms. The summed E-state index contributed by atoms with van der Waals surface area (Å²) >= 11 is 3.27. The Morgan fingerprint density at radius 1 is 1.00 bits per heavy atom. The number of aromatic nitrogens is 2. The Balaban J connectivity index is 2.31. The first-order valence-corrected chi connectivity index (χ1v) is 7.36. The van der Waals surface area contributed by atoms with Gasteiger partial charge in [-0.2, -0.15) is 0 Å². The first-order chi connectivity index (χ1) is 8.86. The van der Waals surface area contributed by atoms with Crippen molar-refractivity contribution < 1.29 is 9.47 Å². The standard InChI is InChI=1S/C12H16N2O2S2/c1-3-15-5-7-17-11-9-12(14-10-13-11)18-8-6-16-4-2/h3-4,9-10H,1-2,5-8H2. The van der Waals surface area contributed by atoms with Crippen molar-refractivity contribution in [1.82, 2.24) is 9.97 Å². The number of thioether (sulfide) groups is 2. The highest BCUT2D eigenvalue weighted by atomic mass is 32.2. The lowest BCUT2D eigenvalue weighted by Gasteiger charge is -2.03. The maximum atomic E-state index is 5.05. The van der Waals surface area contributed by atoms with Crippen LogP contribution in [0.4, 0.5) is 0 Å². The quantitative estimate of drug-likeness (QED) is 0.285. The van der Waals surface area contributed by atoms with Gasteiger partial charge in [0.2, 0.25) is 0 Å². The predicted octanol–water partition coefficient (Wildman–Crippen LogP) is 2.98. The zero-order valence-corrected chi connectivity index (χ0v) is 11.7.